The van der Waals surface area contributed by atoms with Crippen LogP contribution in [0.5, 0.6) is 0 Å². The van der Waals surface area contributed by atoms with Crippen LogP contribution >= 0.6 is 27.7 Å². The van der Waals surface area contributed by atoms with E-state index in [2.05, 4.69) is 36.4 Å². The standard InChI is InChI=1S/C18H17BrN4OS/c1-12(13-7-3-2-4-8-13)20-16(24)11-25-18-21-17(22-23-18)14-9-5-6-10-15(14)19/h2-10,12H,11H2,1H3,(H,20,24)(H,21,22,23)/t12-/m0/s1. The molecule has 1 heterocycles. The quantitative estimate of drug-likeness (QED) is 0.590. The third-order valence-corrected chi connectivity index (χ3v) is 5.14. The van der Waals surface area contributed by atoms with Gasteiger partial charge in [-0.15, -0.1) is 5.10 Å². The molecule has 0 aliphatic rings. The second-order valence-corrected chi connectivity index (χ2v) is 7.23. The predicted molar refractivity (Wildman–Crippen MR) is 103 cm³/mol. The Labute approximate surface area is 158 Å². The summed E-state index contributed by atoms with van der Waals surface area (Å²) in [5.74, 6) is 0.895. The summed E-state index contributed by atoms with van der Waals surface area (Å²) in [5, 5.41) is 10.6. The van der Waals surface area contributed by atoms with Crippen molar-refractivity contribution in [2.45, 2.75) is 18.1 Å². The van der Waals surface area contributed by atoms with E-state index in [9.17, 15) is 4.79 Å². The lowest BCUT2D eigenvalue weighted by Crippen LogP contribution is -2.28. The van der Waals surface area contributed by atoms with Crippen LogP contribution < -0.4 is 5.32 Å². The highest BCUT2D eigenvalue weighted by Gasteiger charge is 2.13. The highest BCUT2D eigenvalue weighted by Crippen LogP contribution is 2.26. The molecule has 3 rings (SSSR count). The van der Waals surface area contributed by atoms with Gasteiger partial charge in [-0.3, -0.25) is 9.89 Å². The van der Waals surface area contributed by atoms with Crippen molar-refractivity contribution in [3.8, 4) is 11.4 Å². The monoisotopic (exact) mass is 416 g/mol. The van der Waals surface area contributed by atoms with Crippen LogP contribution in [0.4, 0.5) is 0 Å². The van der Waals surface area contributed by atoms with Gasteiger partial charge in [-0.05, 0) is 18.6 Å². The molecule has 5 nitrogen and oxygen atoms in total. The van der Waals surface area contributed by atoms with E-state index < -0.39 is 0 Å². The van der Waals surface area contributed by atoms with Gasteiger partial charge in [0, 0.05) is 10.0 Å². The normalized spacial score (nSPS) is 11.9. The van der Waals surface area contributed by atoms with Gasteiger partial charge in [0.25, 0.3) is 0 Å². The van der Waals surface area contributed by atoms with Crippen molar-refractivity contribution >= 4 is 33.6 Å². The molecule has 7 heteroatoms. The van der Waals surface area contributed by atoms with Crippen LogP contribution in [-0.4, -0.2) is 26.8 Å². The zero-order valence-corrected chi connectivity index (χ0v) is 16.0. The molecule has 0 aliphatic heterocycles. The summed E-state index contributed by atoms with van der Waals surface area (Å²) in [7, 11) is 0. The Morgan fingerprint density at radius 3 is 2.68 bits per heavy atom. The first-order valence-electron chi connectivity index (χ1n) is 7.78. The van der Waals surface area contributed by atoms with Crippen molar-refractivity contribution in [3.05, 3.63) is 64.6 Å². The number of nitrogens with one attached hydrogen (secondary N) is 2. The molecule has 0 radical (unpaired) electrons. The first kappa shape index (κ1) is 17.7. The van der Waals surface area contributed by atoms with Gasteiger partial charge in [0.2, 0.25) is 11.1 Å². The van der Waals surface area contributed by atoms with Gasteiger partial charge in [0.15, 0.2) is 5.82 Å². The van der Waals surface area contributed by atoms with Gasteiger partial charge in [-0.2, -0.15) is 0 Å². The lowest BCUT2D eigenvalue weighted by atomic mass is 10.1. The molecule has 0 spiro atoms. The summed E-state index contributed by atoms with van der Waals surface area (Å²) in [6.45, 7) is 1.97. The smallest absolute Gasteiger partial charge is 0.230 e. The number of benzene rings is 2. The van der Waals surface area contributed by atoms with Crippen LogP contribution in [0.3, 0.4) is 0 Å². The summed E-state index contributed by atoms with van der Waals surface area (Å²) in [6.07, 6.45) is 0. The molecule has 0 aliphatic carbocycles. The number of thioether (sulfide) groups is 1. The number of aromatic nitrogens is 3. The molecule has 1 amide bonds. The van der Waals surface area contributed by atoms with Gasteiger partial charge in [0.1, 0.15) is 0 Å². The maximum absolute atomic E-state index is 12.1. The van der Waals surface area contributed by atoms with E-state index >= 15 is 0 Å². The van der Waals surface area contributed by atoms with Crippen molar-refractivity contribution in [2.24, 2.45) is 0 Å². The van der Waals surface area contributed by atoms with Gasteiger partial charge >= 0.3 is 0 Å². The third-order valence-electron chi connectivity index (χ3n) is 3.60. The Bertz CT molecular complexity index is 853. The Morgan fingerprint density at radius 1 is 1.20 bits per heavy atom. The fraction of sp³-hybridized carbons (Fsp3) is 0.167. The topological polar surface area (TPSA) is 70.7 Å². The van der Waals surface area contributed by atoms with E-state index in [1.165, 1.54) is 11.8 Å². The second-order valence-electron chi connectivity index (χ2n) is 5.43. The van der Waals surface area contributed by atoms with Crippen molar-refractivity contribution in [1.29, 1.82) is 0 Å². The number of hydrogen-bond donors (Lipinski definition) is 2. The highest BCUT2D eigenvalue weighted by molar-refractivity contribution is 9.10. The van der Waals surface area contributed by atoms with Crippen LogP contribution in [0, 0.1) is 0 Å². The molecule has 0 bridgehead atoms. The third kappa shape index (κ3) is 4.70. The average Bonchev–Trinajstić information content (AvgIpc) is 3.10. The molecular weight excluding hydrogens is 400 g/mol. The molecule has 2 aromatic carbocycles. The van der Waals surface area contributed by atoms with Crippen molar-refractivity contribution in [2.75, 3.05) is 5.75 Å². The predicted octanol–water partition coefficient (Wildman–Crippen LogP) is 4.20. The lowest BCUT2D eigenvalue weighted by molar-refractivity contribution is -0.119. The maximum Gasteiger partial charge on any atom is 0.230 e. The van der Waals surface area contributed by atoms with Gasteiger partial charge in [-0.25, -0.2) is 4.98 Å². The minimum atomic E-state index is -0.0476. The molecule has 1 atom stereocenters. The van der Waals surface area contributed by atoms with Crippen LogP contribution in [0.15, 0.2) is 64.2 Å². The van der Waals surface area contributed by atoms with Crippen LogP contribution in [-0.2, 0) is 4.79 Å². The van der Waals surface area contributed by atoms with Crippen molar-refractivity contribution < 1.29 is 4.79 Å². The van der Waals surface area contributed by atoms with Crippen molar-refractivity contribution in [1.82, 2.24) is 20.5 Å². The van der Waals surface area contributed by atoms with Gasteiger partial charge in [-0.1, -0.05) is 76.2 Å². The molecule has 128 valence electrons. The van der Waals surface area contributed by atoms with Crippen LogP contribution in [0.25, 0.3) is 11.4 Å². The second kappa shape index (κ2) is 8.31. The molecular formula is C18H17BrN4OS. The SMILES string of the molecule is C[C@H](NC(=O)CSc1n[nH]c(-c2ccccc2Br)n1)c1ccccc1. The van der Waals surface area contributed by atoms with Crippen LogP contribution in [0.2, 0.25) is 0 Å². The Balaban J connectivity index is 1.55. The van der Waals surface area contributed by atoms with Gasteiger partial charge < -0.3 is 5.32 Å². The summed E-state index contributed by atoms with van der Waals surface area (Å²) in [4.78, 5) is 16.6. The van der Waals surface area contributed by atoms with E-state index in [0.717, 1.165) is 15.6 Å². The van der Waals surface area contributed by atoms with E-state index in [1.807, 2.05) is 61.5 Å². The van der Waals surface area contributed by atoms with Gasteiger partial charge in [0.05, 0.1) is 11.8 Å². The minimum absolute atomic E-state index is 0.0303. The number of aromatic amines is 1. The first-order chi connectivity index (χ1) is 12.1. The largest absolute Gasteiger partial charge is 0.349 e. The molecule has 0 fully saturated rings. The number of rotatable bonds is 6. The number of amides is 1. The molecule has 0 saturated heterocycles. The number of halogens is 1. The number of H-pyrrole nitrogens is 1. The Hall–Kier alpha value is -2.12. The number of hydrogen-bond acceptors (Lipinski definition) is 4. The molecule has 0 saturated carbocycles. The molecule has 25 heavy (non-hydrogen) atoms. The maximum atomic E-state index is 12.1. The van der Waals surface area contributed by atoms with Crippen molar-refractivity contribution in [3.63, 3.8) is 0 Å². The van der Waals surface area contributed by atoms with Crippen LogP contribution in [0.1, 0.15) is 18.5 Å². The highest BCUT2D eigenvalue weighted by atomic mass is 79.9. The zero-order chi connectivity index (χ0) is 17.6. The molecule has 0 unspecified atom stereocenters. The number of carbonyl (C=O) groups excluding carboxylic acids is 1. The van der Waals surface area contributed by atoms with E-state index in [0.29, 0.717) is 11.0 Å². The zero-order valence-electron chi connectivity index (χ0n) is 13.6. The summed E-state index contributed by atoms with van der Waals surface area (Å²) >= 11 is 4.80. The Kier molecular flexibility index (Phi) is 5.88. The summed E-state index contributed by atoms with van der Waals surface area (Å²) < 4.78 is 0.942. The fourth-order valence-electron chi connectivity index (χ4n) is 2.32. The molecule has 3 aromatic rings. The van der Waals surface area contributed by atoms with E-state index in [-0.39, 0.29) is 17.7 Å². The number of carbonyl (C=O) groups is 1. The minimum Gasteiger partial charge on any atom is -0.349 e. The summed E-state index contributed by atoms with van der Waals surface area (Å²) in [5.41, 5.74) is 2.01. The Morgan fingerprint density at radius 2 is 1.92 bits per heavy atom. The summed E-state index contributed by atoms with van der Waals surface area (Å²) in [6, 6.07) is 17.6. The number of nitrogens with zero attached hydrogens (tertiary/aromatic N) is 2. The molecule has 1 aromatic heterocycles. The fourth-order valence-corrected chi connectivity index (χ4v) is 3.41. The van der Waals surface area contributed by atoms with E-state index in [4.69, 9.17) is 0 Å². The molecule has 2 N–H and O–H groups in total. The van der Waals surface area contributed by atoms with E-state index in [1.54, 1.807) is 0 Å². The first-order valence-corrected chi connectivity index (χ1v) is 9.56. The lowest BCUT2D eigenvalue weighted by Gasteiger charge is -2.13. The average molecular weight is 417 g/mol.